The predicted molar refractivity (Wildman–Crippen MR) is 96.4 cm³/mol. The molecule has 1 fully saturated rings. The molecular formula is C18H24N4OS. The Morgan fingerprint density at radius 3 is 2.67 bits per heavy atom. The van der Waals surface area contributed by atoms with Crippen LogP contribution < -0.4 is 0 Å². The van der Waals surface area contributed by atoms with Crippen LogP contribution in [0.15, 0.2) is 35.7 Å². The van der Waals surface area contributed by atoms with E-state index in [4.69, 9.17) is 0 Å². The molecular weight excluding hydrogens is 320 g/mol. The SMILES string of the molecule is Cc1ccccc1-n1cnnc1SCC(=O)N1C(C)CCCC1C. The van der Waals surface area contributed by atoms with Crippen LogP contribution in [0.5, 0.6) is 0 Å². The number of likely N-dealkylation sites (tertiary alicyclic amines) is 1. The topological polar surface area (TPSA) is 51.0 Å². The molecule has 1 saturated heterocycles. The van der Waals surface area contributed by atoms with Gasteiger partial charge in [0.1, 0.15) is 6.33 Å². The highest BCUT2D eigenvalue weighted by atomic mass is 32.2. The molecule has 1 aliphatic heterocycles. The molecule has 2 atom stereocenters. The summed E-state index contributed by atoms with van der Waals surface area (Å²) in [5.74, 6) is 0.596. The van der Waals surface area contributed by atoms with Crippen molar-refractivity contribution < 1.29 is 4.79 Å². The molecule has 6 heteroatoms. The number of rotatable bonds is 4. The van der Waals surface area contributed by atoms with Crippen molar-refractivity contribution in [1.29, 1.82) is 0 Å². The number of thioether (sulfide) groups is 1. The minimum Gasteiger partial charge on any atom is -0.337 e. The van der Waals surface area contributed by atoms with E-state index in [1.807, 2.05) is 27.7 Å². The molecule has 0 aliphatic carbocycles. The summed E-state index contributed by atoms with van der Waals surface area (Å²) in [5.41, 5.74) is 2.21. The highest BCUT2D eigenvalue weighted by Gasteiger charge is 2.29. The standard InChI is InChI=1S/C18H24N4OS/c1-13-7-4-5-10-16(13)21-12-19-20-18(21)24-11-17(23)22-14(2)8-6-9-15(22)3/h4-5,7,10,12,14-15H,6,8-9,11H2,1-3H3. The van der Waals surface area contributed by atoms with Gasteiger partial charge < -0.3 is 4.90 Å². The number of aryl methyl sites for hydroxylation is 1. The zero-order valence-electron chi connectivity index (χ0n) is 14.5. The Balaban J connectivity index is 1.71. The zero-order chi connectivity index (χ0) is 17.1. The Kier molecular flexibility index (Phi) is 5.23. The number of para-hydroxylation sites is 1. The summed E-state index contributed by atoms with van der Waals surface area (Å²) in [5, 5.41) is 8.98. The summed E-state index contributed by atoms with van der Waals surface area (Å²) < 4.78 is 1.95. The van der Waals surface area contributed by atoms with Crippen molar-refractivity contribution in [1.82, 2.24) is 19.7 Å². The monoisotopic (exact) mass is 344 g/mol. The second kappa shape index (κ2) is 7.38. The molecule has 1 aliphatic rings. The van der Waals surface area contributed by atoms with Gasteiger partial charge in [-0.3, -0.25) is 9.36 Å². The van der Waals surface area contributed by atoms with E-state index in [0.29, 0.717) is 17.8 Å². The fourth-order valence-corrected chi connectivity index (χ4v) is 4.23. The summed E-state index contributed by atoms with van der Waals surface area (Å²) >= 11 is 1.46. The molecule has 128 valence electrons. The number of aromatic nitrogens is 3. The molecule has 2 aromatic rings. The lowest BCUT2D eigenvalue weighted by Gasteiger charge is -2.39. The van der Waals surface area contributed by atoms with E-state index in [2.05, 4.69) is 37.0 Å². The van der Waals surface area contributed by atoms with Gasteiger partial charge in [0.25, 0.3) is 0 Å². The predicted octanol–water partition coefficient (Wildman–Crippen LogP) is 3.46. The minimum atomic E-state index is 0.194. The van der Waals surface area contributed by atoms with E-state index in [9.17, 15) is 4.79 Å². The molecule has 3 rings (SSSR count). The lowest BCUT2D eigenvalue weighted by atomic mass is 9.98. The van der Waals surface area contributed by atoms with E-state index in [0.717, 1.165) is 29.2 Å². The second-order valence-corrected chi connectivity index (χ2v) is 7.43. The normalized spacial score (nSPS) is 21.0. The molecule has 24 heavy (non-hydrogen) atoms. The van der Waals surface area contributed by atoms with Crippen LogP contribution in [0.4, 0.5) is 0 Å². The Hall–Kier alpha value is -1.82. The number of carbonyl (C=O) groups excluding carboxylic acids is 1. The summed E-state index contributed by atoms with van der Waals surface area (Å²) in [6.45, 7) is 6.36. The van der Waals surface area contributed by atoms with Crippen molar-refractivity contribution in [2.75, 3.05) is 5.75 Å². The summed E-state index contributed by atoms with van der Waals surface area (Å²) in [7, 11) is 0. The smallest absolute Gasteiger partial charge is 0.233 e. The van der Waals surface area contributed by atoms with Crippen LogP contribution in [0.3, 0.4) is 0 Å². The summed E-state index contributed by atoms with van der Waals surface area (Å²) in [6, 6.07) is 8.77. The van der Waals surface area contributed by atoms with Crippen molar-refractivity contribution in [2.24, 2.45) is 0 Å². The van der Waals surface area contributed by atoms with Crippen molar-refractivity contribution >= 4 is 17.7 Å². The third-order valence-corrected chi connectivity index (χ3v) is 5.63. The lowest BCUT2D eigenvalue weighted by Crippen LogP contribution is -2.48. The molecule has 1 amide bonds. The van der Waals surface area contributed by atoms with Gasteiger partial charge in [-0.05, 0) is 51.7 Å². The maximum absolute atomic E-state index is 12.7. The first-order chi connectivity index (χ1) is 11.6. The molecule has 1 aromatic carbocycles. The van der Waals surface area contributed by atoms with Crippen LogP contribution in [0.1, 0.15) is 38.7 Å². The van der Waals surface area contributed by atoms with Crippen LogP contribution >= 0.6 is 11.8 Å². The average Bonchev–Trinajstić information content (AvgIpc) is 3.01. The Labute approximate surface area is 147 Å². The van der Waals surface area contributed by atoms with Gasteiger partial charge >= 0.3 is 0 Å². The van der Waals surface area contributed by atoms with Crippen molar-refractivity contribution in [3.8, 4) is 5.69 Å². The fraction of sp³-hybridized carbons (Fsp3) is 0.500. The Bertz CT molecular complexity index is 705. The number of carbonyl (C=O) groups is 1. The third kappa shape index (κ3) is 3.48. The van der Waals surface area contributed by atoms with Gasteiger partial charge in [-0.2, -0.15) is 0 Å². The fourth-order valence-electron chi connectivity index (χ4n) is 3.44. The van der Waals surface area contributed by atoms with Crippen molar-refractivity contribution in [3.63, 3.8) is 0 Å². The summed E-state index contributed by atoms with van der Waals surface area (Å²) in [4.78, 5) is 14.7. The number of hydrogen-bond donors (Lipinski definition) is 0. The van der Waals surface area contributed by atoms with Gasteiger partial charge in [0.15, 0.2) is 5.16 Å². The molecule has 0 radical (unpaired) electrons. The largest absolute Gasteiger partial charge is 0.337 e. The van der Waals surface area contributed by atoms with E-state index >= 15 is 0 Å². The van der Waals surface area contributed by atoms with Gasteiger partial charge in [-0.1, -0.05) is 30.0 Å². The average molecular weight is 344 g/mol. The van der Waals surface area contributed by atoms with Crippen molar-refractivity contribution in [3.05, 3.63) is 36.2 Å². The van der Waals surface area contributed by atoms with Gasteiger partial charge in [0.2, 0.25) is 5.91 Å². The number of hydrogen-bond acceptors (Lipinski definition) is 4. The van der Waals surface area contributed by atoms with Gasteiger partial charge in [-0.15, -0.1) is 10.2 Å². The molecule has 0 saturated carbocycles. The molecule has 0 bridgehead atoms. The number of nitrogens with zero attached hydrogens (tertiary/aromatic N) is 4. The van der Waals surface area contributed by atoms with E-state index in [1.54, 1.807) is 6.33 Å². The number of piperidine rings is 1. The zero-order valence-corrected chi connectivity index (χ0v) is 15.3. The summed E-state index contributed by atoms with van der Waals surface area (Å²) in [6.07, 6.45) is 5.11. The third-order valence-electron chi connectivity index (χ3n) is 4.70. The highest BCUT2D eigenvalue weighted by molar-refractivity contribution is 7.99. The van der Waals surface area contributed by atoms with Crippen LogP contribution in [-0.4, -0.2) is 43.4 Å². The minimum absolute atomic E-state index is 0.194. The van der Waals surface area contributed by atoms with Gasteiger partial charge in [0.05, 0.1) is 11.4 Å². The number of amides is 1. The molecule has 1 aromatic heterocycles. The van der Waals surface area contributed by atoms with Gasteiger partial charge in [-0.25, -0.2) is 0 Å². The Morgan fingerprint density at radius 1 is 1.25 bits per heavy atom. The van der Waals surface area contributed by atoms with Crippen molar-refractivity contribution in [2.45, 2.75) is 57.3 Å². The maximum atomic E-state index is 12.7. The number of benzene rings is 1. The molecule has 0 N–H and O–H groups in total. The van der Waals surface area contributed by atoms with E-state index in [1.165, 1.54) is 18.2 Å². The first-order valence-electron chi connectivity index (χ1n) is 8.48. The van der Waals surface area contributed by atoms with E-state index in [-0.39, 0.29) is 5.91 Å². The van der Waals surface area contributed by atoms with Crippen LogP contribution in [0.2, 0.25) is 0 Å². The van der Waals surface area contributed by atoms with Crippen LogP contribution in [0.25, 0.3) is 5.69 Å². The Morgan fingerprint density at radius 2 is 1.96 bits per heavy atom. The van der Waals surface area contributed by atoms with Crippen LogP contribution in [0, 0.1) is 6.92 Å². The molecule has 2 unspecified atom stereocenters. The van der Waals surface area contributed by atoms with E-state index < -0.39 is 0 Å². The maximum Gasteiger partial charge on any atom is 0.233 e. The second-order valence-electron chi connectivity index (χ2n) is 6.49. The molecule has 0 spiro atoms. The highest BCUT2D eigenvalue weighted by Crippen LogP contribution is 2.26. The lowest BCUT2D eigenvalue weighted by molar-refractivity contribution is -0.134. The molecule has 5 nitrogen and oxygen atoms in total. The molecule has 2 heterocycles. The first-order valence-corrected chi connectivity index (χ1v) is 9.46. The van der Waals surface area contributed by atoms with Gasteiger partial charge in [0, 0.05) is 12.1 Å². The van der Waals surface area contributed by atoms with Crippen LogP contribution in [-0.2, 0) is 4.79 Å². The first kappa shape index (κ1) is 17.0. The quantitative estimate of drug-likeness (QED) is 0.797.